The smallest absolute Gasteiger partial charge is 0.0525 e. The second-order valence-corrected chi connectivity index (χ2v) is 3.99. The lowest BCUT2D eigenvalue weighted by Crippen LogP contribution is -2.21. The van der Waals surface area contributed by atoms with Crippen molar-refractivity contribution in [1.82, 2.24) is 0 Å². The Hall–Kier alpha value is 0.180. The third kappa shape index (κ3) is 6.57. The molecule has 0 spiro atoms. The molecule has 0 aromatic carbocycles. The van der Waals surface area contributed by atoms with Gasteiger partial charge in [-0.15, -0.1) is 6.58 Å². The summed E-state index contributed by atoms with van der Waals surface area (Å²) in [4.78, 5) is 0. The fourth-order valence-corrected chi connectivity index (χ4v) is 0.716. The third-order valence-corrected chi connectivity index (χ3v) is 2.84. The van der Waals surface area contributed by atoms with Crippen molar-refractivity contribution < 1.29 is 4.74 Å². The van der Waals surface area contributed by atoms with Crippen molar-refractivity contribution in [3.63, 3.8) is 0 Å². The minimum Gasteiger partial charge on any atom is -0.381 e. The van der Waals surface area contributed by atoms with Gasteiger partial charge in [-0.25, -0.2) is 0 Å². The van der Waals surface area contributed by atoms with Gasteiger partial charge in [0.15, 0.2) is 0 Å². The van der Waals surface area contributed by atoms with Gasteiger partial charge >= 0.3 is 0 Å². The Bertz CT molecular complexity index is 110. The molecule has 0 aromatic heterocycles. The Kier molecular flexibility index (Phi) is 5.88. The van der Waals surface area contributed by atoms with E-state index in [0.717, 1.165) is 25.0 Å². The monoisotopic (exact) mass is 220 g/mol. The van der Waals surface area contributed by atoms with Gasteiger partial charge in [-0.3, -0.25) is 0 Å². The summed E-state index contributed by atoms with van der Waals surface area (Å²) in [5.41, 5.74) is 0.251. The van der Waals surface area contributed by atoms with Gasteiger partial charge < -0.3 is 4.74 Å². The first-order chi connectivity index (χ1) is 5.12. The zero-order valence-corrected chi connectivity index (χ0v) is 8.99. The van der Waals surface area contributed by atoms with E-state index in [-0.39, 0.29) is 5.41 Å². The molecule has 0 aliphatic carbocycles. The molecule has 11 heavy (non-hydrogen) atoms. The average Bonchev–Trinajstić information content (AvgIpc) is 1.99. The van der Waals surface area contributed by atoms with Crippen LogP contribution < -0.4 is 0 Å². The van der Waals surface area contributed by atoms with E-state index in [4.69, 9.17) is 4.74 Å². The molecule has 0 aliphatic rings. The van der Waals surface area contributed by atoms with Crippen molar-refractivity contribution in [3.05, 3.63) is 12.7 Å². The molecule has 0 saturated carbocycles. The number of ether oxygens (including phenoxy) is 1. The highest BCUT2D eigenvalue weighted by Gasteiger charge is 2.15. The van der Waals surface area contributed by atoms with Crippen molar-refractivity contribution in [1.29, 1.82) is 0 Å². The van der Waals surface area contributed by atoms with Gasteiger partial charge in [0, 0.05) is 5.33 Å². The third-order valence-electron chi connectivity index (χ3n) is 1.32. The molecule has 0 fully saturated rings. The molecule has 0 unspecified atom stereocenters. The molecule has 0 aromatic rings. The van der Waals surface area contributed by atoms with Gasteiger partial charge in [0.1, 0.15) is 0 Å². The summed E-state index contributed by atoms with van der Waals surface area (Å²) in [6.07, 6.45) is 2.82. The fourth-order valence-electron chi connectivity index (χ4n) is 0.554. The minimum absolute atomic E-state index is 0.251. The molecule has 0 rings (SSSR count). The highest BCUT2D eigenvalue weighted by Crippen LogP contribution is 2.17. The lowest BCUT2D eigenvalue weighted by atomic mass is 9.99. The maximum absolute atomic E-state index is 5.43. The highest BCUT2D eigenvalue weighted by molar-refractivity contribution is 9.09. The Morgan fingerprint density at radius 3 is 2.64 bits per heavy atom. The van der Waals surface area contributed by atoms with Gasteiger partial charge in [-0.1, -0.05) is 35.9 Å². The van der Waals surface area contributed by atoms with E-state index in [1.807, 2.05) is 6.08 Å². The second kappa shape index (κ2) is 5.78. The number of hydrogen-bond acceptors (Lipinski definition) is 1. The van der Waals surface area contributed by atoms with Gasteiger partial charge in [-0.2, -0.15) is 0 Å². The lowest BCUT2D eigenvalue weighted by molar-refractivity contribution is 0.0772. The first kappa shape index (κ1) is 11.2. The number of hydrogen-bond donors (Lipinski definition) is 0. The van der Waals surface area contributed by atoms with Crippen LogP contribution in [0.3, 0.4) is 0 Å². The summed E-state index contributed by atoms with van der Waals surface area (Å²) in [5, 5.41) is 0.980. The van der Waals surface area contributed by atoms with Crippen LogP contribution in [-0.4, -0.2) is 18.5 Å². The molecule has 66 valence electrons. The quantitative estimate of drug-likeness (QED) is 0.380. The van der Waals surface area contributed by atoms with Gasteiger partial charge in [0.25, 0.3) is 0 Å². The molecular weight excluding hydrogens is 204 g/mol. The summed E-state index contributed by atoms with van der Waals surface area (Å²) < 4.78 is 5.43. The normalized spacial score (nSPS) is 11.5. The van der Waals surface area contributed by atoms with Crippen LogP contribution >= 0.6 is 15.9 Å². The van der Waals surface area contributed by atoms with Crippen LogP contribution in [0, 0.1) is 5.41 Å². The zero-order valence-electron chi connectivity index (χ0n) is 7.40. The minimum atomic E-state index is 0.251. The maximum atomic E-state index is 5.43. The molecule has 0 N–H and O–H groups in total. The largest absolute Gasteiger partial charge is 0.381 e. The van der Waals surface area contributed by atoms with Crippen LogP contribution in [0.25, 0.3) is 0 Å². The molecule has 2 heteroatoms. The Morgan fingerprint density at radius 1 is 1.55 bits per heavy atom. The SMILES string of the molecule is C=CCCOCC(C)(C)CBr. The van der Waals surface area contributed by atoms with Crippen LogP contribution in [0.15, 0.2) is 12.7 Å². The first-order valence-electron chi connectivity index (χ1n) is 3.87. The van der Waals surface area contributed by atoms with Crippen molar-refractivity contribution in [2.75, 3.05) is 18.5 Å². The topological polar surface area (TPSA) is 9.23 Å². The van der Waals surface area contributed by atoms with Crippen LogP contribution in [0.4, 0.5) is 0 Å². The molecule has 0 aliphatic heterocycles. The summed E-state index contributed by atoms with van der Waals surface area (Å²) in [6, 6.07) is 0. The predicted molar refractivity (Wildman–Crippen MR) is 53.2 cm³/mol. The predicted octanol–water partition coefficient (Wildman–Crippen LogP) is 3.00. The standard InChI is InChI=1S/C9H17BrO/c1-4-5-6-11-8-9(2,3)7-10/h4H,1,5-8H2,2-3H3. The molecule has 0 heterocycles. The summed E-state index contributed by atoms with van der Waals surface area (Å²) in [6.45, 7) is 9.58. The molecule has 1 nitrogen and oxygen atoms in total. The number of halogens is 1. The van der Waals surface area contributed by atoms with E-state index in [2.05, 4.69) is 36.4 Å². The Balaban J connectivity index is 3.29. The van der Waals surface area contributed by atoms with Crippen molar-refractivity contribution in [2.45, 2.75) is 20.3 Å². The molecule has 0 bridgehead atoms. The molecular formula is C9H17BrO. The van der Waals surface area contributed by atoms with E-state index in [9.17, 15) is 0 Å². The van der Waals surface area contributed by atoms with E-state index in [0.29, 0.717) is 0 Å². The van der Waals surface area contributed by atoms with E-state index >= 15 is 0 Å². The van der Waals surface area contributed by atoms with Crippen LogP contribution in [0.2, 0.25) is 0 Å². The van der Waals surface area contributed by atoms with E-state index in [1.165, 1.54) is 0 Å². The maximum Gasteiger partial charge on any atom is 0.0525 e. The fraction of sp³-hybridized carbons (Fsp3) is 0.778. The van der Waals surface area contributed by atoms with Crippen molar-refractivity contribution >= 4 is 15.9 Å². The van der Waals surface area contributed by atoms with Crippen LogP contribution in [0.5, 0.6) is 0 Å². The number of alkyl halides is 1. The second-order valence-electron chi connectivity index (χ2n) is 3.43. The van der Waals surface area contributed by atoms with Crippen LogP contribution in [0.1, 0.15) is 20.3 Å². The number of rotatable bonds is 6. The Morgan fingerprint density at radius 2 is 2.18 bits per heavy atom. The lowest BCUT2D eigenvalue weighted by Gasteiger charge is -2.20. The first-order valence-corrected chi connectivity index (χ1v) is 4.99. The molecule has 0 radical (unpaired) electrons. The summed E-state index contributed by atoms with van der Waals surface area (Å²) in [7, 11) is 0. The molecule has 0 atom stereocenters. The van der Waals surface area contributed by atoms with E-state index in [1.54, 1.807) is 0 Å². The molecule has 0 saturated heterocycles. The average molecular weight is 221 g/mol. The van der Waals surface area contributed by atoms with E-state index < -0.39 is 0 Å². The summed E-state index contributed by atoms with van der Waals surface area (Å²) >= 11 is 3.44. The zero-order chi connectivity index (χ0) is 8.74. The van der Waals surface area contributed by atoms with Crippen LogP contribution in [-0.2, 0) is 4.74 Å². The van der Waals surface area contributed by atoms with Gasteiger partial charge in [-0.05, 0) is 11.8 Å². The van der Waals surface area contributed by atoms with Crippen molar-refractivity contribution in [2.24, 2.45) is 5.41 Å². The summed E-state index contributed by atoms with van der Waals surface area (Å²) in [5.74, 6) is 0. The Labute approximate surface area is 78.0 Å². The van der Waals surface area contributed by atoms with Crippen molar-refractivity contribution in [3.8, 4) is 0 Å². The molecule has 0 amide bonds. The van der Waals surface area contributed by atoms with Gasteiger partial charge in [0.05, 0.1) is 13.2 Å². The van der Waals surface area contributed by atoms with Gasteiger partial charge in [0.2, 0.25) is 0 Å². The highest BCUT2D eigenvalue weighted by atomic mass is 79.9.